The lowest BCUT2D eigenvalue weighted by atomic mass is 10.1. The largest absolute Gasteiger partial charge is 0.493 e. The second-order valence-corrected chi connectivity index (χ2v) is 12.5. The van der Waals surface area contributed by atoms with E-state index in [2.05, 4.69) is 5.32 Å². The number of hydrogen-bond donors (Lipinski definition) is 1. The van der Waals surface area contributed by atoms with Crippen LogP contribution in [0.15, 0.2) is 71.6 Å². The predicted octanol–water partition coefficient (Wildman–Crippen LogP) is 4.71. The van der Waals surface area contributed by atoms with Crippen LogP contribution in [0.4, 0.5) is 5.69 Å². The number of ether oxygens (including phenoxy) is 2. The molecule has 0 aliphatic heterocycles. The Morgan fingerprint density at radius 2 is 1.52 bits per heavy atom. The molecule has 42 heavy (non-hydrogen) atoms. The number of anilines is 1. The van der Waals surface area contributed by atoms with Gasteiger partial charge in [-0.15, -0.1) is 0 Å². The molecule has 1 atom stereocenters. The van der Waals surface area contributed by atoms with E-state index in [0.717, 1.165) is 21.0 Å². The third-order valence-electron chi connectivity index (χ3n) is 7.00. The molecule has 2 amide bonds. The van der Waals surface area contributed by atoms with Crippen molar-refractivity contribution in [3.8, 4) is 11.5 Å². The molecule has 0 radical (unpaired) electrons. The maximum atomic E-state index is 14.1. The van der Waals surface area contributed by atoms with Crippen LogP contribution in [-0.2, 0) is 26.2 Å². The zero-order valence-electron chi connectivity index (χ0n) is 25.4. The summed E-state index contributed by atoms with van der Waals surface area (Å²) in [6.07, 6.45) is 0. The maximum absolute atomic E-state index is 14.1. The summed E-state index contributed by atoms with van der Waals surface area (Å²) in [7, 11) is -1.27. The first-order chi connectivity index (χ1) is 19.9. The Bertz CT molecular complexity index is 1490. The zero-order chi connectivity index (χ0) is 31.0. The molecule has 0 saturated heterocycles. The molecule has 1 N–H and O–H groups in total. The van der Waals surface area contributed by atoms with Crippen molar-refractivity contribution in [2.75, 3.05) is 31.6 Å². The summed E-state index contributed by atoms with van der Waals surface area (Å²) in [5.41, 5.74) is 2.92. The van der Waals surface area contributed by atoms with Gasteiger partial charge in [0.1, 0.15) is 12.6 Å². The van der Waals surface area contributed by atoms with Crippen LogP contribution in [-0.4, -0.2) is 58.5 Å². The van der Waals surface area contributed by atoms with Crippen molar-refractivity contribution < 1.29 is 27.5 Å². The van der Waals surface area contributed by atoms with Crippen LogP contribution in [0.25, 0.3) is 0 Å². The molecule has 9 nitrogen and oxygen atoms in total. The normalized spacial score (nSPS) is 12.0. The number of amides is 2. The Hall–Kier alpha value is -4.05. The van der Waals surface area contributed by atoms with E-state index in [4.69, 9.17) is 9.47 Å². The summed E-state index contributed by atoms with van der Waals surface area (Å²) < 4.78 is 39.9. The van der Waals surface area contributed by atoms with E-state index in [9.17, 15) is 18.0 Å². The minimum atomic E-state index is -4.20. The average molecular weight is 596 g/mol. The molecule has 0 bridgehead atoms. The highest BCUT2D eigenvalue weighted by Crippen LogP contribution is 2.34. The van der Waals surface area contributed by atoms with Gasteiger partial charge in [-0.1, -0.05) is 55.8 Å². The summed E-state index contributed by atoms with van der Waals surface area (Å²) in [6, 6.07) is 17.8. The highest BCUT2D eigenvalue weighted by molar-refractivity contribution is 7.92. The number of hydrogen-bond acceptors (Lipinski definition) is 6. The predicted molar refractivity (Wildman–Crippen MR) is 164 cm³/mol. The van der Waals surface area contributed by atoms with Gasteiger partial charge in [0, 0.05) is 19.2 Å². The lowest BCUT2D eigenvalue weighted by molar-refractivity contribution is -0.139. The van der Waals surface area contributed by atoms with Crippen molar-refractivity contribution in [2.24, 2.45) is 5.92 Å². The number of carbonyl (C=O) groups excluding carboxylic acids is 2. The molecule has 3 aromatic carbocycles. The minimum Gasteiger partial charge on any atom is -0.493 e. The first-order valence-electron chi connectivity index (χ1n) is 13.8. The van der Waals surface area contributed by atoms with Crippen LogP contribution in [0.2, 0.25) is 0 Å². The number of rotatable bonds is 13. The standard InChI is InChI=1S/C32H41N3O6S/c1-22(2)19-33-32(37)25(5)34(20-26-11-9-8-10-24(26)4)31(36)21-35(27-14-17-29(40-6)30(18-27)41-7)42(38,39)28-15-12-23(3)13-16-28/h8-18,22,25H,19-21H2,1-7H3,(H,33,37). The summed E-state index contributed by atoms with van der Waals surface area (Å²) >= 11 is 0. The lowest BCUT2D eigenvalue weighted by Crippen LogP contribution is -2.51. The fourth-order valence-corrected chi connectivity index (χ4v) is 5.76. The molecule has 226 valence electrons. The first kappa shape index (κ1) is 32.5. The molecular weight excluding hydrogens is 554 g/mol. The Morgan fingerprint density at radius 3 is 2.12 bits per heavy atom. The summed E-state index contributed by atoms with van der Waals surface area (Å²) in [5.74, 6) is 0.101. The van der Waals surface area contributed by atoms with Gasteiger partial charge in [-0.05, 0) is 62.1 Å². The number of sulfonamides is 1. The van der Waals surface area contributed by atoms with E-state index in [1.807, 2.05) is 52.0 Å². The van der Waals surface area contributed by atoms with Crippen LogP contribution in [0.3, 0.4) is 0 Å². The number of benzene rings is 3. The van der Waals surface area contributed by atoms with Gasteiger partial charge < -0.3 is 19.7 Å². The maximum Gasteiger partial charge on any atom is 0.264 e. The van der Waals surface area contributed by atoms with Crippen LogP contribution in [0.5, 0.6) is 11.5 Å². The van der Waals surface area contributed by atoms with E-state index < -0.39 is 28.5 Å². The van der Waals surface area contributed by atoms with Gasteiger partial charge in [-0.3, -0.25) is 13.9 Å². The third kappa shape index (κ3) is 7.82. The van der Waals surface area contributed by atoms with E-state index in [-0.39, 0.29) is 29.0 Å². The van der Waals surface area contributed by atoms with Gasteiger partial charge >= 0.3 is 0 Å². The van der Waals surface area contributed by atoms with Gasteiger partial charge in [0.2, 0.25) is 11.8 Å². The average Bonchev–Trinajstić information content (AvgIpc) is 2.97. The fourth-order valence-electron chi connectivity index (χ4n) is 4.35. The molecule has 0 aliphatic carbocycles. The van der Waals surface area contributed by atoms with Gasteiger partial charge in [-0.25, -0.2) is 8.42 Å². The molecule has 1 unspecified atom stereocenters. The van der Waals surface area contributed by atoms with Crippen molar-refractivity contribution in [1.82, 2.24) is 10.2 Å². The Morgan fingerprint density at radius 1 is 0.881 bits per heavy atom. The van der Waals surface area contributed by atoms with Gasteiger partial charge in [0.25, 0.3) is 10.0 Å². The van der Waals surface area contributed by atoms with Crippen molar-refractivity contribution in [2.45, 2.75) is 52.1 Å². The van der Waals surface area contributed by atoms with E-state index >= 15 is 0 Å². The minimum absolute atomic E-state index is 0.0314. The van der Waals surface area contributed by atoms with Crippen molar-refractivity contribution in [3.63, 3.8) is 0 Å². The number of carbonyl (C=O) groups is 2. The molecule has 10 heteroatoms. The number of nitrogens with zero attached hydrogens (tertiary/aromatic N) is 2. The quantitative estimate of drug-likeness (QED) is 0.307. The van der Waals surface area contributed by atoms with E-state index in [1.165, 1.54) is 37.3 Å². The fraction of sp³-hybridized carbons (Fsp3) is 0.375. The first-order valence-corrected chi connectivity index (χ1v) is 15.3. The molecule has 3 rings (SSSR count). The third-order valence-corrected chi connectivity index (χ3v) is 8.78. The molecule has 3 aromatic rings. The molecule has 0 aromatic heterocycles. The molecule has 0 saturated carbocycles. The summed E-state index contributed by atoms with van der Waals surface area (Å²) in [4.78, 5) is 28.7. The SMILES string of the molecule is COc1ccc(N(CC(=O)N(Cc2ccccc2C)C(C)C(=O)NCC(C)C)S(=O)(=O)c2ccc(C)cc2)cc1OC. The van der Waals surface area contributed by atoms with Crippen LogP contribution >= 0.6 is 0 Å². The Labute approximate surface area is 249 Å². The molecule has 0 spiro atoms. The number of nitrogens with one attached hydrogen (secondary N) is 1. The highest BCUT2D eigenvalue weighted by atomic mass is 32.2. The zero-order valence-corrected chi connectivity index (χ0v) is 26.2. The number of aryl methyl sites for hydroxylation is 2. The Balaban J connectivity index is 2.08. The molecular formula is C32H41N3O6S. The summed E-state index contributed by atoms with van der Waals surface area (Å²) in [5, 5.41) is 2.90. The topological polar surface area (TPSA) is 105 Å². The number of methoxy groups -OCH3 is 2. The molecule has 0 heterocycles. The lowest BCUT2D eigenvalue weighted by Gasteiger charge is -2.32. The van der Waals surface area contributed by atoms with E-state index in [0.29, 0.717) is 18.0 Å². The monoisotopic (exact) mass is 595 g/mol. The van der Waals surface area contributed by atoms with Crippen molar-refractivity contribution in [1.29, 1.82) is 0 Å². The smallest absolute Gasteiger partial charge is 0.264 e. The Kier molecular flexibility index (Phi) is 11.0. The van der Waals surface area contributed by atoms with Gasteiger partial charge in [0.15, 0.2) is 11.5 Å². The van der Waals surface area contributed by atoms with Crippen LogP contribution in [0, 0.1) is 19.8 Å². The van der Waals surface area contributed by atoms with Gasteiger partial charge in [-0.2, -0.15) is 0 Å². The van der Waals surface area contributed by atoms with Crippen LogP contribution < -0.4 is 19.1 Å². The second kappa shape index (κ2) is 14.2. The van der Waals surface area contributed by atoms with Crippen LogP contribution in [0.1, 0.15) is 37.5 Å². The highest BCUT2D eigenvalue weighted by Gasteiger charge is 2.33. The molecule has 0 aliphatic rings. The van der Waals surface area contributed by atoms with Gasteiger partial charge in [0.05, 0.1) is 24.8 Å². The summed E-state index contributed by atoms with van der Waals surface area (Å²) in [6.45, 7) is 9.46. The van der Waals surface area contributed by atoms with Crippen molar-refractivity contribution >= 4 is 27.5 Å². The second-order valence-electron chi connectivity index (χ2n) is 10.6. The molecule has 0 fully saturated rings. The van der Waals surface area contributed by atoms with E-state index in [1.54, 1.807) is 31.2 Å². The van der Waals surface area contributed by atoms with Crippen molar-refractivity contribution in [3.05, 3.63) is 83.4 Å².